The van der Waals surface area contributed by atoms with Gasteiger partial charge in [0.1, 0.15) is 0 Å². The van der Waals surface area contributed by atoms with E-state index in [-0.39, 0.29) is 11.9 Å². The van der Waals surface area contributed by atoms with Crippen LogP contribution in [0.2, 0.25) is 0 Å². The summed E-state index contributed by atoms with van der Waals surface area (Å²) in [6, 6.07) is -0.250. The molecule has 1 unspecified atom stereocenters. The normalized spacial score (nSPS) is 12.6. The molecule has 17 heavy (non-hydrogen) atoms. The van der Waals surface area contributed by atoms with Crippen LogP contribution in [-0.2, 0) is 4.79 Å². The Hall–Kier alpha value is -0.310. The fourth-order valence-electron chi connectivity index (χ4n) is 1.19. The number of carbonyl (C=O) groups is 1. The van der Waals surface area contributed by atoms with Crippen molar-refractivity contribution in [3.05, 3.63) is 0 Å². The summed E-state index contributed by atoms with van der Waals surface area (Å²) < 4.78 is 1.90. The quantitative estimate of drug-likeness (QED) is 0.701. The molecule has 3 N–H and O–H groups in total. The molecule has 8 heteroatoms. The highest BCUT2D eigenvalue weighted by atomic mass is 32.2. The van der Waals surface area contributed by atoms with Crippen LogP contribution in [0, 0.1) is 0 Å². The molecule has 1 aromatic heterocycles. The molecule has 0 fully saturated rings. The van der Waals surface area contributed by atoms with Crippen molar-refractivity contribution in [1.29, 1.82) is 0 Å². The van der Waals surface area contributed by atoms with Gasteiger partial charge in [0.2, 0.25) is 5.91 Å². The molecule has 1 atom stereocenters. The number of nitrogens with one attached hydrogen (secondary N) is 1. The summed E-state index contributed by atoms with van der Waals surface area (Å²) in [6.45, 7) is 2.70. The van der Waals surface area contributed by atoms with Crippen molar-refractivity contribution in [3.63, 3.8) is 0 Å². The van der Waals surface area contributed by atoms with Crippen LogP contribution in [0.4, 0.5) is 0 Å². The Morgan fingerprint density at radius 1 is 1.53 bits per heavy atom. The maximum absolute atomic E-state index is 11.1. The second-order valence-corrected chi connectivity index (χ2v) is 6.56. The Bertz CT molecular complexity index is 358. The van der Waals surface area contributed by atoms with E-state index in [1.807, 2.05) is 13.2 Å². The molecule has 5 nitrogen and oxygen atoms in total. The van der Waals surface area contributed by atoms with Crippen molar-refractivity contribution in [2.24, 2.45) is 5.73 Å². The number of hydrogen-bond donors (Lipinski definition) is 2. The summed E-state index contributed by atoms with van der Waals surface area (Å²) in [5, 5.41) is 11.1. The number of hydrogen-bond acceptors (Lipinski definition) is 7. The molecular formula is C9H16N4OS3. The Labute approximate surface area is 113 Å². The molecule has 96 valence electrons. The Balaban J connectivity index is 2.32. The third kappa shape index (κ3) is 5.24. The van der Waals surface area contributed by atoms with Gasteiger partial charge in [-0.1, -0.05) is 41.8 Å². The van der Waals surface area contributed by atoms with Crippen LogP contribution >= 0.6 is 34.9 Å². The van der Waals surface area contributed by atoms with Crippen LogP contribution < -0.4 is 11.1 Å². The van der Waals surface area contributed by atoms with Crippen LogP contribution in [0.3, 0.4) is 0 Å². The van der Waals surface area contributed by atoms with E-state index < -0.39 is 0 Å². The highest BCUT2D eigenvalue weighted by Crippen LogP contribution is 2.27. The van der Waals surface area contributed by atoms with Crippen molar-refractivity contribution >= 4 is 40.8 Å². The van der Waals surface area contributed by atoms with Gasteiger partial charge in [-0.3, -0.25) is 4.79 Å². The number of primary amides is 1. The highest BCUT2D eigenvalue weighted by Gasteiger charge is 2.13. The molecule has 0 aliphatic heterocycles. The second-order valence-electron chi connectivity index (χ2n) is 3.19. The molecule has 0 saturated carbocycles. The molecule has 1 amide bonds. The molecule has 1 aromatic rings. The Kier molecular flexibility index (Phi) is 6.86. The Morgan fingerprint density at radius 2 is 2.24 bits per heavy atom. The summed E-state index contributed by atoms with van der Waals surface area (Å²) in [5.41, 5.74) is 5.29. The third-order valence-corrected chi connectivity index (χ3v) is 5.05. The maximum Gasteiger partial charge on any atom is 0.234 e. The van der Waals surface area contributed by atoms with E-state index in [4.69, 9.17) is 5.73 Å². The lowest BCUT2D eigenvalue weighted by Gasteiger charge is -2.12. The van der Waals surface area contributed by atoms with Crippen molar-refractivity contribution in [2.45, 2.75) is 28.1 Å². The SMILES string of the molecule is CCNC(CCSc1nnc(SC)s1)C(N)=O. The smallest absolute Gasteiger partial charge is 0.234 e. The lowest BCUT2D eigenvalue weighted by molar-refractivity contribution is -0.120. The van der Waals surface area contributed by atoms with Gasteiger partial charge in [-0.25, -0.2) is 0 Å². The summed E-state index contributed by atoms with van der Waals surface area (Å²) in [7, 11) is 0. The first-order valence-corrected chi connectivity index (χ1v) is 8.23. The fraction of sp³-hybridized carbons (Fsp3) is 0.667. The number of carbonyl (C=O) groups excluding carboxylic acids is 1. The van der Waals surface area contributed by atoms with Crippen LogP contribution in [-0.4, -0.2) is 40.7 Å². The van der Waals surface area contributed by atoms with E-state index in [1.54, 1.807) is 34.9 Å². The standard InChI is InChI=1S/C9H16N4OS3/c1-3-11-6(7(10)14)4-5-16-9-13-12-8(15-2)17-9/h6,11H,3-5H2,1-2H3,(H2,10,14). The van der Waals surface area contributed by atoms with Crippen molar-refractivity contribution < 1.29 is 4.79 Å². The number of nitrogens with two attached hydrogens (primary N) is 1. The van der Waals surface area contributed by atoms with Crippen LogP contribution in [0.25, 0.3) is 0 Å². The van der Waals surface area contributed by atoms with Gasteiger partial charge in [-0.15, -0.1) is 10.2 Å². The molecule has 0 radical (unpaired) electrons. The largest absolute Gasteiger partial charge is 0.368 e. The average molecular weight is 292 g/mol. The number of likely N-dealkylation sites (N-methyl/N-ethyl adjacent to an activating group) is 1. The molecule has 1 rings (SSSR count). The van der Waals surface area contributed by atoms with E-state index in [0.29, 0.717) is 6.42 Å². The molecule has 0 aromatic carbocycles. The Morgan fingerprint density at radius 3 is 2.76 bits per heavy atom. The van der Waals surface area contributed by atoms with E-state index in [9.17, 15) is 4.79 Å². The van der Waals surface area contributed by atoms with Crippen molar-refractivity contribution in [1.82, 2.24) is 15.5 Å². The lowest BCUT2D eigenvalue weighted by Crippen LogP contribution is -2.41. The number of amides is 1. The van der Waals surface area contributed by atoms with Crippen LogP contribution in [0.5, 0.6) is 0 Å². The predicted molar refractivity (Wildman–Crippen MR) is 73.7 cm³/mol. The molecule has 1 heterocycles. The van der Waals surface area contributed by atoms with Gasteiger partial charge in [0.25, 0.3) is 0 Å². The van der Waals surface area contributed by atoms with E-state index in [0.717, 1.165) is 21.0 Å². The van der Waals surface area contributed by atoms with E-state index in [2.05, 4.69) is 15.5 Å². The number of aromatic nitrogens is 2. The summed E-state index contributed by atoms with van der Waals surface area (Å²) >= 11 is 4.77. The first-order valence-electron chi connectivity index (χ1n) is 5.20. The molecular weight excluding hydrogens is 276 g/mol. The molecule has 0 aliphatic carbocycles. The topological polar surface area (TPSA) is 80.9 Å². The van der Waals surface area contributed by atoms with Gasteiger partial charge < -0.3 is 11.1 Å². The molecule has 0 aliphatic rings. The minimum atomic E-state index is -0.297. The van der Waals surface area contributed by atoms with Crippen LogP contribution in [0.15, 0.2) is 8.68 Å². The minimum absolute atomic E-state index is 0.250. The molecule has 0 saturated heterocycles. The van der Waals surface area contributed by atoms with Gasteiger partial charge in [0.15, 0.2) is 8.68 Å². The van der Waals surface area contributed by atoms with E-state index in [1.165, 1.54) is 0 Å². The summed E-state index contributed by atoms with van der Waals surface area (Å²) in [5.74, 6) is 0.512. The van der Waals surface area contributed by atoms with Crippen molar-refractivity contribution in [3.8, 4) is 0 Å². The highest BCUT2D eigenvalue weighted by molar-refractivity contribution is 8.02. The minimum Gasteiger partial charge on any atom is -0.368 e. The molecule has 0 bridgehead atoms. The number of nitrogens with zero attached hydrogens (tertiary/aromatic N) is 2. The van der Waals surface area contributed by atoms with Crippen LogP contribution in [0.1, 0.15) is 13.3 Å². The fourth-order valence-corrected chi connectivity index (χ4v) is 3.71. The van der Waals surface area contributed by atoms with Gasteiger partial charge in [0, 0.05) is 5.75 Å². The summed E-state index contributed by atoms with van der Waals surface area (Å²) in [6.07, 6.45) is 2.69. The van der Waals surface area contributed by atoms with Crippen molar-refractivity contribution in [2.75, 3.05) is 18.6 Å². The van der Waals surface area contributed by atoms with Gasteiger partial charge in [0.05, 0.1) is 6.04 Å². The van der Waals surface area contributed by atoms with E-state index >= 15 is 0 Å². The van der Waals surface area contributed by atoms with Gasteiger partial charge >= 0.3 is 0 Å². The van der Waals surface area contributed by atoms with Gasteiger partial charge in [-0.2, -0.15) is 0 Å². The lowest BCUT2D eigenvalue weighted by atomic mass is 10.2. The number of rotatable bonds is 8. The zero-order chi connectivity index (χ0) is 12.7. The molecule has 0 spiro atoms. The second kappa shape index (κ2) is 7.91. The first kappa shape index (κ1) is 14.7. The number of thioether (sulfide) groups is 2. The summed E-state index contributed by atoms with van der Waals surface area (Å²) in [4.78, 5) is 11.1. The third-order valence-electron chi connectivity index (χ3n) is 1.99. The predicted octanol–water partition coefficient (Wildman–Crippen LogP) is 1.21. The average Bonchev–Trinajstić information content (AvgIpc) is 2.75. The maximum atomic E-state index is 11.1. The zero-order valence-electron chi connectivity index (χ0n) is 9.80. The van der Waals surface area contributed by atoms with Gasteiger partial charge in [-0.05, 0) is 19.2 Å². The first-order chi connectivity index (χ1) is 8.17. The zero-order valence-corrected chi connectivity index (χ0v) is 12.3. The monoisotopic (exact) mass is 292 g/mol.